The summed E-state index contributed by atoms with van der Waals surface area (Å²) < 4.78 is 10.7. The van der Waals surface area contributed by atoms with E-state index in [-0.39, 0.29) is 6.04 Å². The van der Waals surface area contributed by atoms with Crippen LogP contribution < -0.4 is 15.4 Å². The Balaban J connectivity index is 1.67. The van der Waals surface area contributed by atoms with E-state index in [9.17, 15) is 9.59 Å². The van der Waals surface area contributed by atoms with E-state index in [1.807, 2.05) is 19.1 Å². The van der Waals surface area contributed by atoms with Crippen molar-refractivity contribution in [3.8, 4) is 5.75 Å². The van der Waals surface area contributed by atoms with Gasteiger partial charge in [0.2, 0.25) is 0 Å². The van der Waals surface area contributed by atoms with E-state index in [2.05, 4.69) is 27.7 Å². The largest absolute Gasteiger partial charge is 0.495 e. The molecule has 0 spiro atoms. The summed E-state index contributed by atoms with van der Waals surface area (Å²) in [5.41, 5.74) is 2.59. The molecular formula is C22H26ClN3O4. The second-order valence-corrected chi connectivity index (χ2v) is 7.52. The fourth-order valence-electron chi connectivity index (χ4n) is 3.36. The van der Waals surface area contributed by atoms with Crippen LogP contribution in [0.5, 0.6) is 5.75 Å². The Morgan fingerprint density at radius 2 is 1.83 bits per heavy atom. The smallest absolute Gasteiger partial charge is 0.313 e. The topological polar surface area (TPSA) is 79.9 Å². The number of nitrogens with zero attached hydrogens (tertiary/aromatic N) is 1. The Kier molecular flexibility index (Phi) is 7.68. The normalized spacial score (nSPS) is 15.3. The summed E-state index contributed by atoms with van der Waals surface area (Å²) in [6.07, 6.45) is 0. The molecule has 8 heteroatoms. The highest BCUT2D eigenvalue weighted by Crippen LogP contribution is 2.27. The quantitative estimate of drug-likeness (QED) is 0.687. The summed E-state index contributed by atoms with van der Waals surface area (Å²) in [6, 6.07) is 13.0. The van der Waals surface area contributed by atoms with Gasteiger partial charge in [-0.25, -0.2) is 0 Å². The molecule has 0 aliphatic carbocycles. The summed E-state index contributed by atoms with van der Waals surface area (Å²) in [5, 5.41) is 5.75. The highest BCUT2D eigenvalue weighted by atomic mass is 35.5. The van der Waals surface area contributed by atoms with Crippen molar-refractivity contribution in [3.05, 3.63) is 58.6 Å². The zero-order chi connectivity index (χ0) is 21.5. The average molecular weight is 432 g/mol. The Morgan fingerprint density at radius 1 is 1.13 bits per heavy atom. The minimum atomic E-state index is -0.778. The molecule has 0 aromatic heterocycles. The van der Waals surface area contributed by atoms with Crippen LogP contribution in [0.15, 0.2) is 42.5 Å². The Morgan fingerprint density at radius 3 is 2.50 bits per heavy atom. The molecule has 2 N–H and O–H groups in total. The van der Waals surface area contributed by atoms with Crippen LogP contribution in [0.4, 0.5) is 5.69 Å². The number of halogens is 1. The van der Waals surface area contributed by atoms with Gasteiger partial charge in [0.05, 0.1) is 32.1 Å². The maximum Gasteiger partial charge on any atom is 0.313 e. The van der Waals surface area contributed by atoms with Gasteiger partial charge in [0, 0.05) is 24.7 Å². The number of aryl methyl sites for hydroxylation is 1. The molecule has 0 radical (unpaired) electrons. The van der Waals surface area contributed by atoms with Gasteiger partial charge in [-0.15, -0.1) is 0 Å². The first-order valence-electron chi connectivity index (χ1n) is 9.79. The second-order valence-electron chi connectivity index (χ2n) is 7.08. The van der Waals surface area contributed by atoms with Gasteiger partial charge in [-0.2, -0.15) is 0 Å². The van der Waals surface area contributed by atoms with Gasteiger partial charge in [-0.05, 0) is 30.7 Å². The van der Waals surface area contributed by atoms with Gasteiger partial charge in [0.1, 0.15) is 5.75 Å². The molecule has 30 heavy (non-hydrogen) atoms. The van der Waals surface area contributed by atoms with Crippen LogP contribution in [0.3, 0.4) is 0 Å². The van der Waals surface area contributed by atoms with E-state index >= 15 is 0 Å². The number of hydrogen-bond acceptors (Lipinski definition) is 5. The van der Waals surface area contributed by atoms with Crippen molar-refractivity contribution in [1.82, 2.24) is 10.2 Å². The van der Waals surface area contributed by atoms with Gasteiger partial charge in [0.25, 0.3) is 0 Å². The second kappa shape index (κ2) is 10.4. The minimum absolute atomic E-state index is 0.0491. The number of ether oxygens (including phenoxy) is 2. The maximum absolute atomic E-state index is 12.5. The number of methoxy groups -OCH3 is 1. The molecule has 7 nitrogen and oxygen atoms in total. The van der Waals surface area contributed by atoms with Gasteiger partial charge in [0.15, 0.2) is 0 Å². The highest BCUT2D eigenvalue weighted by Gasteiger charge is 2.25. The summed E-state index contributed by atoms with van der Waals surface area (Å²) in [4.78, 5) is 27.1. The molecule has 0 bridgehead atoms. The summed E-state index contributed by atoms with van der Waals surface area (Å²) in [7, 11) is 1.48. The molecule has 1 aliphatic heterocycles. The number of morpholine rings is 1. The van der Waals surface area contributed by atoms with Crippen LogP contribution in [-0.4, -0.2) is 56.7 Å². The van der Waals surface area contributed by atoms with E-state index in [1.54, 1.807) is 12.1 Å². The van der Waals surface area contributed by atoms with Crippen LogP contribution in [0.2, 0.25) is 5.02 Å². The molecule has 2 aromatic carbocycles. The fraction of sp³-hybridized carbons (Fsp3) is 0.364. The lowest BCUT2D eigenvalue weighted by molar-refractivity contribution is -0.136. The molecule has 3 rings (SSSR count). The van der Waals surface area contributed by atoms with Crippen molar-refractivity contribution in [1.29, 1.82) is 0 Å². The molecule has 1 saturated heterocycles. The first-order valence-corrected chi connectivity index (χ1v) is 10.2. The third-order valence-electron chi connectivity index (χ3n) is 5.02. The van der Waals surface area contributed by atoms with Crippen LogP contribution in [0.25, 0.3) is 0 Å². The van der Waals surface area contributed by atoms with E-state index < -0.39 is 11.8 Å². The van der Waals surface area contributed by atoms with E-state index in [4.69, 9.17) is 21.1 Å². The highest BCUT2D eigenvalue weighted by molar-refractivity contribution is 6.40. The number of hydrogen-bond donors (Lipinski definition) is 2. The molecule has 1 aliphatic rings. The molecule has 1 fully saturated rings. The van der Waals surface area contributed by atoms with Crippen molar-refractivity contribution < 1.29 is 19.1 Å². The Labute approximate surface area is 181 Å². The average Bonchev–Trinajstić information content (AvgIpc) is 2.76. The van der Waals surface area contributed by atoms with Crippen LogP contribution in [0.1, 0.15) is 17.2 Å². The first-order chi connectivity index (χ1) is 14.5. The predicted octanol–water partition coefficient (Wildman–Crippen LogP) is 2.79. The number of carbonyl (C=O) groups is 2. The van der Waals surface area contributed by atoms with Crippen molar-refractivity contribution >= 4 is 29.1 Å². The third-order valence-corrected chi connectivity index (χ3v) is 5.26. The molecule has 0 saturated carbocycles. The standard InChI is InChI=1S/C22H26ClN3O4/c1-15-3-5-16(6-4-15)19(26-9-11-30-12-10-26)14-24-21(27)22(28)25-18-13-17(23)7-8-20(18)29-2/h3-8,13,19H,9-12,14H2,1-2H3,(H,24,27)(H,25,28)/t19-/m1/s1. The number of anilines is 1. The molecule has 2 aromatic rings. The Bertz CT molecular complexity index is 882. The zero-order valence-corrected chi connectivity index (χ0v) is 17.9. The zero-order valence-electron chi connectivity index (χ0n) is 17.1. The molecule has 2 amide bonds. The van der Waals surface area contributed by atoms with Gasteiger partial charge < -0.3 is 20.1 Å². The monoisotopic (exact) mass is 431 g/mol. The van der Waals surface area contributed by atoms with Gasteiger partial charge in [-0.3, -0.25) is 14.5 Å². The minimum Gasteiger partial charge on any atom is -0.495 e. The molecule has 1 atom stereocenters. The summed E-state index contributed by atoms with van der Waals surface area (Å²) in [5.74, 6) is -1.08. The number of benzene rings is 2. The third kappa shape index (κ3) is 5.72. The van der Waals surface area contributed by atoms with Crippen molar-refractivity contribution in [2.24, 2.45) is 0 Å². The maximum atomic E-state index is 12.5. The fourth-order valence-corrected chi connectivity index (χ4v) is 3.53. The lowest BCUT2D eigenvalue weighted by Crippen LogP contribution is -2.45. The molecule has 160 valence electrons. The first kappa shape index (κ1) is 22.1. The summed E-state index contributed by atoms with van der Waals surface area (Å²) in [6.45, 7) is 5.16. The summed E-state index contributed by atoms with van der Waals surface area (Å²) >= 11 is 5.98. The van der Waals surface area contributed by atoms with E-state index in [0.29, 0.717) is 36.2 Å². The lowest BCUT2D eigenvalue weighted by Gasteiger charge is -2.35. The van der Waals surface area contributed by atoms with Crippen LogP contribution in [0, 0.1) is 6.92 Å². The van der Waals surface area contributed by atoms with Gasteiger partial charge >= 0.3 is 11.8 Å². The van der Waals surface area contributed by atoms with Crippen LogP contribution in [-0.2, 0) is 14.3 Å². The molecule has 0 unspecified atom stereocenters. The lowest BCUT2D eigenvalue weighted by atomic mass is 10.0. The van der Waals surface area contributed by atoms with Crippen molar-refractivity contribution in [2.75, 3.05) is 45.3 Å². The van der Waals surface area contributed by atoms with Gasteiger partial charge in [-0.1, -0.05) is 41.4 Å². The van der Waals surface area contributed by atoms with Crippen molar-refractivity contribution in [2.45, 2.75) is 13.0 Å². The number of rotatable bonds is 6. The predicted molar refractivity (Wildman–Crippen MR) is 116 cm³/mol. The number of carbonyl (C=O) groups excluding carboxylic acids is 2. The number of nitrogens with one attached hydrogen (secondary N) is 2. The van der Waals surface area contributed by atoms with E-state index in [0.717, 1.165) is 18.7 Å². The Hall–Kier alpha value is -2.61. The molecule has 1 heterocycles. The number of amides is 2. The van der Waals surface area contributed by atoms with E-state index in [1.165, 1.54) is 18.7 Å². The van der Waals surface area contributed by atoms with Crippen molar-refractivity contribution in [3.63, 3.8) is 0 Å². The molecular weight excluding hydrogens is 406 g/mol. The van der Waals surface area contributed by atoms with Crippen LogP contribution >= 0.6 is 11.6 Å². The SMILES string of the molecule is COc1ccc(Cl)cc1NC(=O)C(=O)NC[C@H](c1ccc(C)cc1)N1CCOCC1.